The molecule has 2 atom stereocenters. The predicted molar refractivity (Wildman–Crippen MR) is 128 cm³/mol. The van der Waals surface area contributed by atoms with Crippen molar-refractivity contribution >= 4 is 22.4 Å². The van der Waals surface area contributed by atoms with E-state index in [1.54, 1.807) is 6.20 Å². The first kappa shape index (κ1) is 22.1. The van der Waals surface area contributed by atoms with Crippen molar-refractivity contribution in [2.45, 2.75) is 87.8 Å². The summed E-state index contributed by atoms with van der Waals surface area (Å²) in [5, 5.41) is 17.6. The first-order valence-corrected chi connectivity index (χ1v) is 14.6. The molecule has 8 nitrogen and oxygen atoms in total. The third-order valence-electron chi connectivity index (χ3n) is 9.01. The molecule has 182 valence electrons. The normalized spacial score (nSPS) is 38.5. The summed E-state index contributed by atoms with van der Waals surface area (Å²) < 4.78 is 19.7. The first-order chi connectivity index (χ1) is 15.8. The fraction of sp³-hybridized carbons (Fsp3) is 0.792. The van der Waals surface area contributed by atoms with Gasteiger partial charge in [-0.15, -0.1) is 0 Å². The highest BCUT2D eigenvalue weighted by molar-refractivity contribution is 8.24. The van der Waals surface area contributed by atoms with Crippen LogP contribution in [0.5, 0.6) is 0 Å². The van der Waals surface area contributed by atoms with E-state index in [-0.39, 0.29) is 18.0 Å². The van der Waals surface area contributed by atoms with Crippen molar-refractivity contribution in [1.29, 1.82) is 0 Å². The van der Waals surface area contributed by atoms with Crippen LogP contribution in [0.25, 0.3) is 0 Å². The SMILES string of the molecule is O=C(NC1C2CC3CC1CC(O)(C3)C2)c1cnc(NC2CCS(O)(O)CC2)nc1C1CCC1. The Morgan fingerprint density at radius 1 is 1.06 bits per heavy atom. The lowest BCUT2D eigenvalue weighted by molar-refractivity contribution is -0.136. The molecule has 33 heavy (non-hydrogen) atoms. The van der Waals surface area contributed by atoms with Gasteiger partial charge in [0.15, 0.2) is 0 Å². The Bertz CT molecular complexity index is 913. The average Bonchev–Trinajstić information content (AvgIpc) is 2.70. The van der Waals surface area contributed by atoms with Gasteiger partial charge >= 0.3 is 0 Å². The van der Waals surface area contributed by atoms with Crippen LogP contribution in [0.1, 0.15) is 86.2 Å². The molecule has 0 spiro atoms. The highest BCUT2D eigenvalue weighted by Crippen LogP contribution is 2.55. The third kappa shape index (κ3) is 4.26. The number of rotatable bonds is 5. The molecule has 5 aliphatic carbocycles. The number of carbonyl (C=O) groups excluding carboxylic acids is 1. The summed E-state index contributed by atoms with van der Waals surface area (Å²) in [6.45, 7) is 0. The Balaban J connectivity index is 1.18. The molecule has 1 aromatic rings. The monoisotopic (exact) mass is 476 g/mol. The van der Waals surface area contributed by atoms with Gasteiger partial charge in [-0.1, -0.05) is 6.42 Å². The summed E-state index contributed by atoms with van der Waals surface area (Å²) in [6, 6.07) is 0.265. The van der Waals surface area contributed by atoms with E-state index in [0.29, 0.717) is 59.5 Å². The maximum Gasteiger partial charge on any atom is 0.254 e. The fourth-order valence-corrected chi connectivity index (χ4v) is 8.84. The van der Waals surface area contributed by atoms with Crippen LogP contribution in [0.15, 0.2) is 6.20 Å². The van der Waals surface area contributed by atoms with Crippen LogP contribution in [0.2, 0.25) is 0 Å². The van der Waals surface area contributed by atoms with E-state index < -0.39 is 16.2 Å². The van der Waals surface area contributed by atoms with Gasteiger partial charge < -0.3 is 15.7 Å². The Morgan fingerprint density at radius 2 is 1.76 bits per heavy atom. The lowest BCUT2D eigenvalue weighted by Crippen LogP contribution is -2.61. The molecule has 1 aromatic heterocycles. The van der Waals surface area contributed by atoms with Gasteiger partial charge in [0.05, 0.1) is 16.9 Å². The zero-order valence-electron chi connectivity index (χ0n) is 19.1. The average molecular weight is 477 g/mol. The molecule has 7 rings (SSSR count). The number of carbonyl (C=O) groups is 1. The number of amides is 1. The molecule has 1 saturated heterocycles. The van der Waals surface area contributed by atoms with Crippen molar-refractivity contribution in [2.24, 2.45) is 17.8 Å². The van der Waals surface area contributed by atoms with Crippen LogP contribution in [-0.4, -0.2) is 59.3 Å². The minimum atomic E-state index is -2.42. The van der Waals surface area contributed by atoms with Crippen molar-refractivity contribution in [1.82, 2.24) is 15.3 Å². The van der Waals surface area contributed by atoms with Gasteiger partial charge in [-0.3, -0.25) is 13.9 Å². The van der Waals surface area contributed by atoms with Crippen LogP contribution in [0.4, 0.5) is 5.95 Å². The molecule has 9 heteroatoms. The lowest BCUT2D eigenvalue weighted by atomic mass is 9.52. The minimum Gasteiger partial charge on any atom is -0.390 e. The van der Waals surface area contributed by atoms with E-state index in [1.165, 1.54) is 0 Å². The van der Waals surface area contributed by atoms with Crippen LogP contribution in [0.3, 0.4) is 0 Å². The highest BCUT2D eigenvalue weighted by Gasteiger charge is 2.55. The van der Waals surface area contributed by atoms with Crippen molar-refractivity contribution in [3.63, 3.8) is 0 Å². The van der Waals surface area contributed by atoms with E-state index in [0.717, 1.165) is 57.1 Å². The minimum absolute atomic E-state index is 0.0699. The van der Waals surface area contributed by atoms with Crippen molar-refractivity contribution < 1.29 is 19.0 Å². The van der Waals surface area contributed by atoms with E-state index in [4.69, 9.17) is 4.98 Å². The van der Waals surface area contributed by atoms with Crippen molar-refractivity contribution in [3.05, 3.63) is 17.5 Å². The van der Waals surface area contributed by atoms with Crippen molar-refractivity contribution in [2.75, 3.05) is 16.8 Å². The Hall–Kier alpha value is -1.42. The summed E-state index contributed by atoms with van der Waals surface area (Å²) in [4.78, 5) is 22.7. The van der Waals surface area contributed by atoms with Crippen LogP contribution in [-0.2, 0) is 0 Å². The molecule has 2 heterocycles. The van der Waals surface area contributed by atoms with E-state index in [9.17, 15) is 19.0 Å². The number of anilines is 1. The van der Waals surface area contributed by atoms with Gasteiger partial charge in [0.2, 0.25) is 5.95 Å². The second-order valence-electron chi connectivity index (χ2n) is 11.4. The maximum absolute atomic E-state index is 13.4. The number of hydrogen-bond donors (Lipinski definition) is 5. The molecule has 6 fully saturated rings. The zero-order chi connectivity index (χ0) is 22.8. The predicted octanol–water partition coefficient (Wildman–Crippen LogP) is 3.74. The number of hydrogen-bond acceptors (Lipinski definition) is 7. The maximum atomic E-state index is 13.4. The highest BCUT2D eigenvalue weighted by atomic mass is 32.3. The summed E-state index contributed by atoms with van der Waals surface area (Å²) >= 11 is 0. The Morgan fingerprint density at radius 3 is 2.36 bits per heavy atom. The fourth-order valence-electron chi connectivity index (χ4n) is 7.31. The van der Waals surface area contributed by atoms with Gasteiger partial charge in [0.1, 0.15) is 0 Å². The third-order valence-corrected chi connectivity index (χ3v) is 10.8. The van der Waals surface area contributed by atoms with Crippen LogP contribution < -0.4 is 10.6 Å². The second-order valence-corrected chi connectivity index (χ2v) is 13.9. The number of aromatic nitrogens is 2. The molecule has 5 saturated carbocycles. The van der Waals surface area contributed by atoms with Gasteiger partial charge in [-0.2, -0.15) is 10.6 Å². The van der Waals surface area contributed by atoms with E-state index in [1.807, 2.05) is 0 Å². The zero-order valence-corrected chi connectivity index (χ0v) is 19.9. The Kier molecular flexibility index (Phi) is 5.40. The van der Waals surface area contributed by atoms with E-state index in [2.05, 4.69) is 15.6 Å². The quantitative estimate of drug-likeness (QED) is 0.438. The van der Waals surface area contributed by atoms with Crippen LogP contribution >= 0.6 is 10.6 Å². The van der Waals surface area contributed by atoms with Gasteiger partial charge in [-0.25, -0.2) is 9.97 Å². The standard InChI is InChI=1S/C24H36N4O4S/c29-22(27-20-16-8-14-9-17(20)12-24(30,10-14)11-16)19-13-25-23(28-21(19)15-2-1-3-15)26-18-4-6-33(31,32)7-5-18/h13-18,20,30-32H,1-12H2,(H,27,29)(H,25,26,28). The largest absolute Gasteiger partial charge is 0.390 e. The van der Waals surface area contributed by atoms with Crippen LogP contribution in [0, 0.1) is 17.8 Å². The molecular formula is C24H36N4O4S. The van der Waals surface area contributed by atoms with Gasteiger partial charge in [-0.05, 0) is 75.5 Å². The first-order valence-electron chi connectivity index (χ1n) is 12.7. The molecule has 6 aliphatic rings. The van der Waals surface area contributed by atoms with Gasteiger partial charge in [0, 0.05) is 35.7 Å². The molecule has 1 aliphatic heterocycles. The summed E-state index contributed by atoms with van der Waals surface area (Å²) in [6.07, 6.45) is 11.1. The second kappa shape index (κ2) is 8.07. The molecule has 2 unspecified atom stereocenters. The summed E-state index contributed by atoms with van der Waals surface area (Å²) in [5.41, 5.74) is 0.937. The number of nitrogens with one attached hydrogen (secondary N) is 2. The van der Waals surface area contributed by atoms with E-state index >= 15 is 0 Å². The molecular weight excluding hydrogens is 440 g/mol. The molecule has 1 amide bonds. The molecule has 4 bridgehead atoms. The molecule has 5 N–H and O–H groups in total. The number of aliphatic hydroxyl groups is 1. The topological polar surface area (TPSA) is 128 Å². The smallest absolute Gasteiger partial charge is 0.254 e. The molecule has 0 aromatic carbocycles. The number of nitrogens with zero attached hydrogens (tertiary/aromatic N) is 2. The Labute approximate surface area is 196 Å². The van der Waals surface area contributed by atoms with Crippen molar-refractivity contribution in [3.8, 4) is 0 Å². The van der Waals surface area contributed by atoms with Gasteiger partial charge in [0.25, 0.3) is 5.91 Å². The summed E-state index contributed by atoms with van der Waals surface area (Å²) in [7, 11) is -2.42. The lowest BCUT2D eigenvalue weighted by Gasteiger charge is -2.58. The molecule has 0 radical (unpaired) electrons. The summed E-state index contributed by atoms with van der Waals surface area (Å²) in [5.74, 6) is 2.96.